The van der Waals surface area contributed by atoms with Gasteiger partial charge in [0.15, 0.2) is 5.82 Å². The van der Waals surface area contributed by atoms with Gasteiger partial charge in [0, 0.05) is 6.42 Å². The molecule has 2 N–H and O–H groups in total. The largest absolute Gasteiger partial charge is 0.459 e. The number of hydrogen-bond donors (Lipinski definition) is 1. The Balaban J connectivity index is 2.06. The summed E-state index contributed by atoms with van der Waals surface area (Å²) >= 11 is 0. The van der Waals surface area contributed by atoms with Crippen LogP contribution in [0.25, 0.3) is 0 Å². The van der Waals surface area contributed by atoms with Gasteiger partial charge in [0.25, 0.3) is 0 Å². The molecule has 0 atom stereocenters. The number of nitrogens with zero attached hydrogens (tertiary/aromatic N) is 2. The van der Waals surface area contributed by atoms with Gasteiger partial charge in [0.05, 0.1) is 11.7 Å². The standard InChI is InChI=1S/C13H15N3O3/c1-8(2)18-13(17)10-5-3-9(4-6-10)7-11-12(14)16-19-15-11/h3-6,8H,7H2,1-2H3,(H2,14,16). The van der Waals surface area contributed by atoms with E-state index in [1.165, 1.54) is 0 Å². The third kappa shape index (κ3) is 3.31. The first-order chi connectivity index (χ1) is 9.06. The van der Waals surface area contributed by atoms with Crippen LogP contribution in [0.1, 0.15) is 35.5 Å². The van der Waals surface area contributed by atoms with Crippen LogP contribution in [-0.4, -0.2) is 22.4 Å². The SMILES string of the molecule is CC(C)OC(=O)c1ccc(Cc2nonc2N)cc1. The summed E-state index contributed by atoms with van der Waals surface area (Å²) in [6.45, 7) is 3.62. The molecule has 1 heterocycles. The summed E-state index contributed by atoms with van der Waals surface area (Å²) in [6, 6.07) is 7.07. The molecule has 2 aromatic rings. The number of nitrogen functional groups attached to an aromatic ring is 1. The number of rotatable bonds is 4. The fourth-order valence-corrected chi connectivity index (χ4v) is 1.57. The Morgan fingerprint density at radius 1 is 1.32 bits per heavy atom. The van der Waals surface area contributed by atoms with E-state index < -0.39 is 0 Å². The van der Waals surface area contributed by atoms with Crippen molar-refractivity contribution in [2.45, 2.75) is 26.4 Å². The molecule has 0 radical (unpaired) electrons. The lowest BCUT2D eigenvalue weighted by Crippen LogP contribution is -2.11. The number of benzene rings is 1. The van der Waals surface area contributed by atoms with Gasteiger partial charge in [-0.1, -0.05) is 17.3 Å². The van der Waals surface area contributed by atoms with Gasteiger partial charge < -0.3 is 10.5 Å². The van der Waals surface area contributed by atoms with Gasteiger partial charge in [-0.2, -0.15) is 0 Å². The average Bonchev–Trinajstić information content (AvgIpc) is 2.75. The summed E-state index contributed by atoms with van der Waals surface area (Å²) in [6.07, 6.45) is 0.377. The molecule has 0 aliphatic carbocycles. The van der Waals surface area contributed by atoms with Crippen LogP contribution in [-0.2, 0) is 11.2 Å². The maximum absolute atomic E-state index is 11.7. The highest BCUT2D eigenvalue weighted by Gasteiger charge is 2.10. The molecule has 0 aliphatic heterocycles. The molecule has 6 nitrogen and oxygen atoms in total. The van der Waals surface area contributed by atoms with E-state index in [9.17, 15) is 4.79 Å². The summed E-state index contributed by atoms with van der Waals surface area (Å²) in [4.78, 5) is 11.7. The third-order valence-corrected chi connectivity index (χ3v) is 2.49. The molecule has 0 spiro atoms. The third-order valence-electron chi connectivity index (χ3n) is 2.49. The van der Waals surface area contributed by atoms with E-state index in [4.69, 9.17) is 10.5 Å². The van der Waals surface area contributed by atoms with Crippen molar-refractivity contribution in [2.24, 2.45) is 0 Å². The van der Waals surface area contributed by atoms with Gasteiger partial charge in [-0.05, 0) is 36.7 Å². The van der Waals surface area contributed by atoms with Crippen molar-refractivity contribution in [1.29, 1.82) is 0 Å². The second-order valence-electron chi connectivity index (χ2n) is 4.42. The molecule has 0 aliphatic rings. The molecular formula is C13H15N3O3. The second-order valence-corrected chi connectivity index (χ2v) is 4.42. The average molecular weight is 261 g/mol. The van der Waals surface area contributed by atoms with Crippen molar-refractivity contribution in [3.05, 3.63) is 41.1 Å². The molecule has 2 rings (SSSR count). The molecule has 1 aromatic heterocycles. The normalized spacial score (nSPS) is 10.7. The topological polar surface area (TPSA) is 91.2 Å². The summed E-state index contributed by atoms with van der Waals surface area (Å²) in [5, 5.41) is 7.21. The van der Waals surface area contributed by atoms with E-state index >= 15 is 0 Å². The van der Waals surface area contributed by atoms with E-state index in [1.54, 1.807) is 12.1 Å². The maximum atomic E-state index is 11.7. The molecule has 0 saturated heterocycles. The summed E-state index contributed by atoms with van der Waals surface area (Å²) in [5.74, 6) is -0.0486. The molecule has 0 saturated carbocycles. The molecule has 6 heteroatoms. The number of esters is 1. The Morgan fingerprint density at radius 3 is 2.53 bits per heavy atom. The quantitative estimate of drug-likeness (QED) is 0.844. The van der Waals surface area contributed by atoms with Crippen LogP contribution >= 0.6 is 0 Å². The fourth-order valence-electron chi connectivity index (χ4n) is 1.57. The van der Waals surface area contributed by atoms with E-state index in [0.29, 0.717) is 17.7 Å². The van der Waals surface area contributed by atoms with E-state index in [0.717, 1.165) is 5.56 Å². The van der Waals surface area contributed by atoms with Crippen LogP contribution in [0.2, 0.25) is 0 Å². The van der Waals surface area contributed by atoms with Gasteiger partial charge in [-0.3, -0.25) is 0 Å². The maximum Gasteiger partial charge on any atom is 0.338 e. The Bertz CT molecular complexity index is 561. The van der Waals surface area contributed by atoms with Crippen LogP contribution in [0.3, 0.4) is 0 Å². The van der Waals surface area contributed by atoms with E-state index in [1.807, 2.05) is 26.0 Å². The van der Waals surface area contributed by atoms with Gasteiger partial charge >= 0.3 is 5.97 Å². The lowest BCUT2D eigenvalue weighted by atomic mass is 10.1. The highest BCUT2D eigenvalue weighted by Crippen LogP contribution is 2.13. The number of carbonyl (C=O) groups excluding carboxylic acids is 1. The Labute approximate surface area is 110 Å². The minimum absolute atomic E-state index is 0.131. The summed E-state index contributed by atoms with van der Waals surface area (Å²) < 4.78 is 9.63. The van der Waals surface area contributed by atoms with Crippen molar-refractivity contribution in [2.75, 3.05) is 5.73 Å². The van der Waals surface area contributed by atoms with Crippen LogP contribution in [0, 0.1) is 0 Å². The lowest BCUT2D eigenvalue weighted by Gasteiger charge is -2.08. The summed E-state index contributed by atoms with van der Waals surface area (Å²) in [7, 11) is 0. The molecule has 0 bridgehead atoms. The molecule has 0 unspecified atom stereocenters. The molecule has 100 valence electrons. The highest BCUT2D eigenvalue weighted by molar-refractivity contribution is 5.89. The number of hydrogen-bond acceptors (Lipinski definition) is 6. The van der Waals surface area contributed by atoms with E-state index in [-0.39, 0.29) is 17.9 Å². The van der Waals surface area contributed by atoms with Crippen molar-refractivity contribution in [1.82, 2.24) is 10.3 Å². The fraction of sp³-hybridized carbons (Fsp3) is 0.308. The zero-order chi connectivity index (χ0) is 13.8. The molecule has 0 fully saturated rings. The smallest absolute Gasteiger partial charge is 0.338 e. The van der Waals surface area contributed by atoms with Crippen LogP contribution in [0.15, 0.2) is 28.9 Å². The second kappa shape index (κ2) is 5.51. The minimum Gasteiger partial charge on any atom is -0.459 e. The predicted molar refractivity (Wildman–Crippen MR) is 68.5 cm³/mol. The van der Waals surface area contributed by atoms with Crippen molar-refractivity contribution >= 4 is 11.8 Å². The Kier molecular flexibility index (Phi) is 3.79. The molecule has 19 heavy (non-hydrogen) atoms. The Hall–Kier alpha value is -2.37. The molecular weight excluding hydrogens is 246 g/mol. The summed E-state index contributed by atoms with van der Waals surface area (Å²) in [5.41, 5.74) is 7.64. The van der Waals surface area contributed by atoms with Gasteiger partial charge in [0.1, 0.15) is 5.69 Å². The van der Waals surface area contributed by atoms with Gasteiger partial charge in [0.2, 0.25) is 0 Å². The van der Waals surface area contributed by atoms with Crippen LogP contribution in [0.5, 0.6) is 0 Å². The first-order valence-electron chi connectivity index (χ1n) is 5.93. The monoisotopic (exact) mass is 261 g/mol. The zero-order valence-electron chi connectivity index (χ0n) is 10.8. The van der Waals surface area contributed by atoms with Gasteiger partial charge in [-0.25, -0.2) is 9.42 Å². The number of ether oxygens (including phenoxy) is 1. The van der Waals surface area contributed by atoms with E-state index in [2.05, 4.69) is 14.9 Å². The first kappa shape index (κ1) is 13.1. The van der Waals surface area contributed by atoms with Crippen LogP contribution in [0.4, 0.5) is 5.82 Å². The van der Waals surface area contributed by atoms with Crippen molar-refractivity contribution < 1.29 is 14.2 Å². The molecule has 0 amide bonds. The number of nitrogens with two attached hydrogens (primary N) is 1. The Morgan fingerprint density at radius 2 is 2.00 bits per heavy atom. The number of anilines is 1. The van der Waals surface area contributed by atoms with Crippen molar-refractivity contribution in [3.63, 3.8) is 0 Å². The number of carbonyl (C=O) groups is 1. The zero-order valence-corrected chi connectivity index (χ0v) is 10.8. The van der Waals surface area contributed by atoms with Crippen molar-refractivity contribution in [3.8, 4) is 0 Å². The predicted octanol–water partition coefficient (Wildman–Crippen LogP) is 1.81. The van der Waals surface area contributed by atoms with Gasteiger partial charge in [-0.15, -0.1) is 0 Å². The molecule has 1 aromatic carbocycles. The lowest BCUT2D eigenvalue weighted by molar-refractivity contribution is 0.0378. The number of aromatic nitrogens is 2. The van der Waals surface area contributed by atoms with Crippen LogP contribution < -0.4 is 5.73 Å². The first-order valence-corrected chi connectivity index (χ1v) is 5.93. The minimum atomic E-state index is -0.329. The highest BCUT2D eigenvalue weighted by atomic mass is 16.6.